The lowest BCUT2D eigenvalue weighted by Crippen LogP contribution is -2.48. The highest BCUT2D eigenvalue weighted by Gasteiger charge is 2.30. The molecular weight excluding hydrogens is 384 g/mol. The molecule has 0 bridgehead atoms. The van der Waals surface area contributed by atoms with E-state index in [9.17, 15) is 13.2 Å². The Morgan fingerprint density at radius 2 is 1.84 bits per heavy atom. The van der Waals surface area contributed by atoms with Gasteiger partial charge in [-0.2, -0.15) is 4.31 Å². The van der Waals surface area contributed by atoms with Crippen molar-refractivity contribution in [3.05, 3.63) is 40.4 Å². The van der Waals surface area contributed by atoms with Crippen molar-refractivity contribution >= 4 is 44.4 Å². The minimum absolute atomic E-state index is 0.132. The number of thiazole rings is 1. The zero-order valence-electron chi connectivity index (χ0n) is 13.6. The molecule has 0 radical (unpaired) electrons. The molecule has 2 N–H and O–H groups in total. The Bertz CT molecular complexity index is 818. The zero-order valence-corrected chi connectivity index (χ0v) is 16.0. The van der Waals surface area contributed by atoms with Gasteiger partial charge in [0.1, 0.15) is 10.6 Å². The molecule has 10 heteroatoms. The summed E-state index contributed by atoms with van der Waals surface area (Å²) in [7, 11) is -2.10. The molecule has 0 amide bonds. The van der Waals surface area contributed by atoms with Crippen LogP contribution in [0.3, 0.4) is 0 Å². The Kier molecular flexibility index (Phi) is 6.91. The van der Waals surface area contributed by atoms with Gasteiger partial charge in [0.15, 0.2) is 11.4 Å². The summed E-state index contributed by atoms with van der Waals surface area (Å²) in [5.41, 5.74) is 4.90. The summed E-state index contributed by atoms with van der Waals surface area (Å²) in [5.74, 6) is 0. The number of hydrogen-bond acceptors (Lipinski definition) is 7. The van der Waals surface area contributed by atoms with Crippen molar-refractivity contribution in [3.63, 3.8) is 0 Å². The molecule has 1 aromatic heterocycles. The zero-order chi connectivity index (χ0) is 18.4. The third-order valence-electron chi connectivity index (χ3n) is 3.59. The van der Waals surface area contributed by atoms with Crippen molar-refractivity contribution < 1.29 is 13.2 Å². The number of benzene rings is 1. The predicted octanol–water partition coefficient (Wildman–Crippen LogP) is 1.69. The number of sulfonamides is 1. The maximum Gasteiger partial charge on any atom is 0.244 e. The normalized spacial score (nSPS) is 15.4. The van der Waals surface area contributed by atoms with Crippen LogP contribution in [0.2, 0.25) is 5.02 Å². The topological polar surface area (TPSA) is 96.6 Å². The van der Waals surface area contributed by atoms with E-state index in [1.165, 1.54) is 28.8 Å². The predicted molar refractivity (Wildman–Crippen MR) is 100 cm³/mol. The van der Waals surface area contributed by atoms with Gasteiger partial charge in [-0.1, -0.05) is 23.7 Å². The van der Waals surface area contributed by atoms with Crippen LogP contribution in [-0.2, 0) is 10.0 Å². The number of anilines is 1. The van der Waals surface area contributed by atoms with E-state index in [1.54, 1.807) is 23.6 Å². The molecule has 0 aliphatic carbocycles. The van der Waals surface area contributed by atoms with Crippen molar-refractivity contribution in [2.45, 2.75) is 4.90 Å². The van der Waals surface area contributed by atoms with Gasteiger partial charge in [0.2, 0.25) is 10.0 Å². The number of nitrogens with two attached hydrogens (primary N) is 1. The fourth-order valence-electron chi connectivity index (χ4n) is 2.39. The second-order valence-corrected chi connectivity index (χ2v) is 8.14. The molecule has 136 valence electrons. The van der Waals surface area contributed by atoms with Crippen molar-refractivity contribution in [2.24, 2.45) is 5.73 Å². The van der Waals surface area contributed by atoms with Crippen LogP contribution in [0.25, 0.3) is 0 Å². The van der Waals surface area contributed by atoms with Crippen molar-refractivity contribution in [2.75, 3.05) is 38.1 Å². The average Bonchev–Trinajstić information content (AvgIpc) is 3.13. The van der Waals surface area contributed by atoms with Crippen LogP contribution in [0, 0.1) is 0 Å². The maximum atomic E-state index is 12.7. The molecule has 1 aliphatic heterocycles. The lowest BCUT2D eigenvalue weighted by Gasteiger charge is -2.33. The highest BCUT2D eigenvalue weighted by atomic mass is 35.5. The lowest BCUT2D eigenvalue weighted by atomic mass is 10.4. The first-order valence-electron chi connectivity index (χ1n) is 7.50. The van der Waals surface area contributed by atoms with Gasteiger partial charge >= 0.3 is 0 Å². The smallest absolute Gasteiger partial charge is 0.244 e. The van der Waals surface area contributed by atoms with E-state index in [0.717, 1.165) is 5.13 Å². The number of nitrogens with zero attached hydrogens (tertiary/aromatic N) is 3. The lowest BCUT2D eigenvalue weighted by molar-refractivity contribution is 0.111. The average molecular weight is 403 g/mol. The van der Waals surface area contributed by atoms with E-state index in [-0.39, 0.29) is 9.92 Å². The highest BCUT2D eigenvalue weighted by molar-refractivity contribution is 7.89. The molecule has 2 aromatic rings. The second-order valence-electron chi connectivity index (χ2n) is 4.99. The van der Waals surface area contributed by atoms with E-state index in [4.69, 9.17) is 11.6 Å². The van der Waals surface area contributed by atoms with Crippen molar-refractivity contribution in [1.29, 1.82) is 0 Å². The van der Waals surface area contributed by atoms with Gasteiger partial charge < -0.3 is 10.6 Å². The first kappa shape index (κ1) is 19.8. The van der Waals surface area contributed by atoms with Crippen molar-refractivity contribution in [1.82, 2.24) is 9.29 Å². The molecule has 0 saturated carbocycles. The molecule has 1 fully saturated rings. The minimum atomic E-state index is -3.60. The van der Waals surface area contributed by atoms with Gasteiger partial charge in [-0.25, -0.2) is 13.4 Å². The molecule has 1 saturated heterocycles. The molecule has 25 heavy (non-hydrogen) atoms. The van der Waals surface area contributed by atoms with Gasteiger partial charge in [0, 0.05) is 31.6 Å². The van der Waals surface area contributed by atoms with Gasteiger partial charge in [-0.15, -0.1) is 11.3 Å². The molecule has 1 aromatic carbocycles. The largest absolute Gasteiger partial charge is 0.345 e. The number of carbonyl (C=O) groups is 1. The number of hydrogen-bond donors (Lipinski definition) is 1. The maximum absolute atomic E-state index is 12.7. The summed E-state index contributed by atoms with van der Waals surface area (Å²) in [6.45, 7) is 1.75. The molecule has 3 rings (SSSR count). The van der Waals surface area contributed by atoms with E-state index < -0.39 is 10.0 Å². The fourth-order valence-corrected chi connectivity index (χ4v) is 5.13. The SMILES string of the molecule is CN.O=Cc1csc(N2CCN(S(=O)(=O)c3ccccc3Cl)CC2)n1. The third-order valence-corrected chi connectivity index (χ3v) is 6.91. The molecule has 1 aliphatic rings. The number of aromatic nitrogens is 1. The summed E-state index contributed by atoms with van der Waals surface area (Å²) in [6.07, 6.45) is 0.706. The number of piperazine rings is 1. The Hall–Kier alpha value is -1.52. The summed E-state index contributed by atoms with van der Waals surface area (Å²) >= 11 is 7.40. The first-order valence-corrected chi connectivity index (χ1v) is 10.2. The molecule has 0 spiro atoms. The van der Waals surface area contributed by atoms with Gasteiger partial charge in [0.25, 0.3) is 0 Å². The van der Waals surface area contributed by atoms with Gasteiger partial charge in [-0.3, -0.25) is 4.79 Å². The van der Waals surface area contributed by atoms with E-state index >= 15 is 0 Å². The van der Waals surface area contributed by atoms with Gasteiger partial charge in [0.05, 0.1) is 5.02 Å². The standard InChI is InChI=1S/C14H14ClN3O3S2.CH5N/c15-12-3-1-2-4-13(12)23(20,21)18-7-5-17(6-8-18)14-16-11(9-19)10-22-14;1-2/h1-4,9-10H,5-8H2;2H2,1H3. The van der Waals surface area contributed by atoms with Crippen LogP contribution in [0.15, 0.2) is 34.5 Å². The summed E-state index contributed by atoms with van der Waals surface area (Å²) < 4.78 is 26.8. The molecule has 0 unspecified atom stereocenters. The minimum Gasteiger partial charge on any atom is -0.345 e. The molecule has 2 heterocycles. The Balaban J connectivity index is 0.00000109. The number of aldehydes is 1. The molecule has 0 atom stereocenters. The molecule has 7 nitrogen and oxygen atoms in total. The van der Waals surface area contributed by atoms with E-state index in [1.807, 2.05) is 4.90 Å². The Morgan fingerprint density at radius 1 is 1.20 bits per heavy atom. The number of halogens is 1. The number of carbonyl (C=O) groups excluding carboxylic acids is 1. The second kappa shape index (κ2) is 8.72. The molecular formula is C15H19ClN4O3S2. The van der Waals surface area contributed by atoms with E-state index in [0.29, 0.717) is 38.2 Å². The highest BCUT2D eigenvalue weighted by Crippen LogP contribution is 2.27. The summed E-state index contributed by atoms with van der Waals surface area (Å²) in [5, 5.41) is 2.65. The van der Waals surface area contributed by atoms with Crippen LogP contribution in [0.4, 0.5) is 5.13 Å². The van der Waals surface area contributed by atoms with Crippen LogP contribution >= 0.6 is 22.9 Å². The Labute approximate surface area is 156 Å². The van der Waals surface area contributed by atoms with Crippen LogP contribution in [0.1, 0.15) is 10.5 Å². The summed E-state index contributed by atoms with van der Waals surface area (Å²) in [4.78, 5) is 17.0. The van der Waals surface area contributed by atoms with E-state index in [2.05, 4.69) is 10.7 Å². The quantitative estimate of drug-likeness (QED) is 0.782. The van der Waals surface area contributed by atoms with Gasteiger partial charge in [-0.05, 0) is 19.2 Å². The van der Waals surface area contributed by atoms with Crippen LogP contribution in [0.5, 0.6) is 0 Å². The fraction of sp³-hybridized carbons (Fsp3) is 0.333. The monoisotopic (exact) mass is 402 g/mol. The van der Waals surface area contributed by atoms with Crippen molar-refractivity contribution in [3.8, 4) is 0 Å². The summed E-state index contributed by atoms with van der Waals surface area (Å²) in [6, 6.07) is 6.44. The first-order chi connectivity index (χ1) is 12.0. The van der Waals surface area contributed by atoms with Crippen LogP contribution in [-0.4, -0.2) is 57.2 Å². The third kappa shape index (κ3) is 4.36. The van der Waals surface area contributed by atoms with Crippen LogP contribution < -0.4 is 10.6 Å². The number of rotatable bonds is 4. The Morgan fingerprint density at radius 3 is 2.40 bits per heavy atom.